The van der Waals surface area contributed by atoms with Crippen molar-refractivity contribution in [1.29, 1.82) is 0 Å². The van der Waals surface area contributed by atoms with Crippen LogP contribution in [-0.4, -0.2) is 42.6 Å². The Kier molecular flexibility index (Phi) is 4.78. The number of nitrogens with one attached hydrogen (secondary N) is 1. The average Bonchev–Trinajstić information content (AvgIpc) is 2.41. The third-order valence-electron chi connectivity index (χ3n) is 3.84. The summed E-state index contributed by atoms with van der Waals surface area (Å²) < 4.78 is 5.52. The predicted octanol–water partition coefficient (Wildman–Crippen LogP) is 2.35. The van der Waals surface area contributed by atoms with E-state index in [1.165, 1.54) is 5.56 Å². The molecular weight excluding hydrogens is 252 g/mol. The maximum absolute atomic E-state index is 12.4. The summed E-state index contributed by atoms with van der Waals surface area (Å²) in [6, 6.07) is 5.93. The molecule has 0 saturated carbocycles. The second kappa shape index (κ2) is 6.37. The molecule has 0 aliphatic carbocycles. The predicted molar refractivity (Wildman–Crippen MR) is 81.0 cm³/mol. The normalized spacial score (nSPS) is 21.5. The van der Waals surface area contributed by atoms with Crippen LogP contribution in [0.25, 0.3) is 0 Å². The largest absolute Gasteiger partial charge is 0.376 e. The Morgan fingerprint density at radius 3 is 2.85 bits per heavy atom. The molecule has 1 aromatic rings. The second-order valence-electron chi connectivity index (χ2n) is 5.66. The summed E-state index contributed by atoms with van der Waals surface area (Å²) in [7, 11) is 0. The second-order valence-corrected chi connectivity index (χ2v) is 5.66. The molecule has 1 fully saturated rings. The fraction of sp³-hybridized carbons (Fsp3) is 0.562. The van der Waals surface area contributed by atoms with Crippen molar-refractivity contribution in [3.63, 3.8) is 0 Å². The number of morpholine rings is 1. The van der Waals surface area contributed by atoms with Gasteiger partial charge in [-0.2, -0.15) is 0 Å². The van der Waals surface area contributed by atoms with Crippen LogP contribution in [0.2, 0.25) is 0 Å². The summed E-state index contributed by atoms with van der Waals surface area (Å²) >= 11 is 0. The summed E-state index contributed by atoms with van der Waals surface area (Å²) in [6.45, 7) is 10.4. The Labute approximate surface area is 121 Å². The molecule has 2 rings (SSSR count). The SMILES string of the molecule is Cc1ccc(NC(=O)C(C)N2CCOC(C)C2)c(C)c1. The number of amides is 1. The van der Waals surface area contributed by atoms with Gasteiger partial charge in [-0.05, 0) is 39.3 Å². The first kappa shape index (κ1) is 15.0. The van der Waals surface area contributed by atoms with Crippen molar-refractivity contribution in [2.45, 2.75) is 39.8 Å². The average molecular weight is 276 g/mol. The van der Waals surface area contributed by atoms with Gasteiger partial charge in [-0.25, -0.2) is 0 Å². The zero-order valence-corrected chi connectivity index (χ0v) is 12.8. The van der Waals surface area contributed by atoms with Gasteiger partial charge in [0.25, 0.3) is 0 Å². The number of carbonyl (C=O) groups excluding carboxylic acids is 1. The molecule has 1 aliphatic rings. The standard InChI is InChI=1S/C16H24N2O2/c1-11-5-6-15(12(2)9-11)17-16(19)14(4)18-7-8-20-13(3)10-18/h5-6,9,13-14H,7-8,10H2,1-4H3,(H,17,19). The van der Waals surface area contributed by atoms with E-state index in [2.05, 4.69) is 23.2 Å². The van der Waals surface area contributed by atoms with Crippen molar-refractivity contribution in [2.24, 2.45) is 0 Å². The number of anilines is 1. The van der Waals surface area contributed by atoms with E-state index in [1.807, 2.05) is 32.9 Å². The van der Waals surface area contributed by atoms with Gasteiger partial charge in [-0.15, -0.1) is 0 Å². The van der Waals surface area contributed by atoms with Crippen LogP contribution in [0.15, 0.2) is 18.2 Å². The maximum atomic E-state index is 12.4. The van der Waals surface area contributed by atoms with Gasteiger partial charge in [-0.3, -0.25) is 9.69 Å². The highest BCUT2D eigenvalue weighted by Crippen LogP contribution is 2.17. The van der Waals surface area contributed by atoms with Crippen molar-refractivity contribution in [2.75, 3.05) is 25.0 Å². The Balaban J connectivity index is 2.00. The number of benzene rings is 1. The Morgan fingerprint density at radius 2 is 2.20 bits per heavy atom. The number of hydrogen-bond acceptors (Lipinski definition) is 3. The van der Waals surface area contributed by atoms with Crippen molar-refractivity contribution in [3.05, 3.63) is 29.3 Å². The summed E-state index contributed by atoms with van der Waals surface area (Å²) in [6.07, 6.45) is 0.195. The fourth-order valence-electron chi connectivity index (χ4n) is 2.55. The molecule has 1 heterocycles. The van der Waals surface area contributed by atoms with E-state index in [1.54, 1.807) is 0 Å². The van der Waals surface area contributed by atoms with Crippen LogP contribution in [0.1, 0.15) is 25.0 Å². The Bertz CT molecular complexity index is 487. The number of carbonyl (C=O) groups is 1. The molecule has 0 bridgehead atoms. The van der Waals surface area contributed by atoms with Crippen molar-refractivity contribution < 1.29 is 9.53 Å². The van der Waals surface area contributed by atoms with E-state index in [9.17, 15) is 4.79 Å². The van der Waals surface area contributed by atoms with Crippen LogP contribution in [0.4, 0.5) is 5.69 Å². The monoisotopic (exact) mass is 276 g/mol. The quantitative estimate of drug-likeness (QED) is 0.921. The number of rotatable bonds is 3. The van der Waals surface area contributed by atoms with E-state index in [-0.39, 0.29) is 18.1 Å². The summed E-state index contributed by atoms with van der Waals surface area (Å²) in [4.78, 5) is 14.5. The molecule has 1 amide bonds. The molecular formula is C16H24N2O2. The Morgan fingerprint density at radius 1 is 1.45 bits per heavy atom. The first-order valence-corrected chi connectivity index (χ1v) is 7.21. The van der Waals surface area contributed by atoms with Gasteiger partial charge in [0.15, 0.2) is 0 Å². The lowest BCUT2D eigenvalue weighted by molar-refractivity contribution is -0.123. The lowest BCUT2D eigenvalue weighted by atomic mass is 10.1. The van der Waals surface area contributed by atoms with E-state index in [0.717, 1.165) is 24.3 Å². The lowest BCUT2D eigenvalue weighted by Gasteiger charge is -2.34. The molecule has 0 aromatic heterocycles. The van der Waals surface area contributed by atoms with Crippen molar-refractivity contribution >= 4 is 11.6 Å². The van der Waals surface area contributed by atoms with Gasteiger partial charge in [0.1, 0.15) is 0 Å². The first-order chi connectivity index (χ1) is 9.47. The van der Waals surface area contributed by atoms with Crippen LogP contribution in [0.5, 0.6) is 0 Å². The fourth-order valence-corrected chi connectivity index (χ4v) is 2.55. The smallest absolute Gasteiger partial charge is 0.241 e. The van der Waals surface area contributed by atoms with Gasteiger partial charge < -0.3 is 10.1 Å². The van der Waals surface area contributed by atoms with Crippen molar-refractivity contribution in [3.8, 4) is 0 Å². The Hall–Kier alpha value is -1.39. The van der Waals surface area contributed by atoms with Gasteiger partial charge in [-0.1, -0.05) is 17.7 Å². The zero-order chi connectivity index (χ0) is 14.7. The van der Waals surface area contributed by atoms with Gasteiger partial charge in [0.2, 0.25) is 5.91 Å². The molecule has 0 radical (unpaired) electrons. The van der Waals surface area contributed by atoms with Crippen LogP contribution in [0, 0.1) is 13.8 Å². The van der Waals surface area contributed by atoms with E-state index in [0.29, 0.717) is 6.61 Å². The summed E-state index contributed by atoms with van der Waals surface area (Å²) in [5.41, 5.74) is 3.20. The third-order valence-corrected chi connectivity index (χ3v) is 3.84. The van der Waals surface area contributed by atoms with Crippen LogP contribution in [-0.2, 0) is 9.53 Å². The molecule has 1 N–H and O–H groups in total. The highest BCUT2D eigenvalue weighted by molar-refractivity contribution is 5.95. The minimum absolute atomic E-state index is 0.0473. The van der Waals surface area contributed by atoms with Crippen molar-refractivity contribution in [1.82, 2.24) is 4.90 Å². The van der Waals surface area contributed by atoms with E-state index in [4.69, 9.17) is 4.74 Å². The zero-order valence-electron chi connectivity index (χ0n) is 12.8. The molecule has 1 aliphatic heterocycles. The van der Waals surface area contributed by atoms with Gasteiger partial charge in [0, 0.05) is 18.8 Å². The van der Waals surface area contributed by atoms with Gasteiger partial charge in [0.05, 0.1) is 18.8 Å². The third kappa shape index (κ3) is 3.58. The molecule has 1 saturated heterocycles. The molecule has 4 heteroatoms. The maximum Gasteiger partial charge on any atom is 0.241 e. The molecule has 20 heavy (non-hydrogen) atoms. The molecule has 110 valence electrons. The molecule has 2 unspecified atom stereocenters. The number of ether oxygens (including phenoxy) is 1. The highest BCUT2D eigenvalue weighted by atomic mass is 16.5. The van der Waals surface area contributed by atoms with E-state index >= 15 is 0 Å². The van der Waals surface area contributed by atoms with Crippen LogP contribution < -0.4 is 5.32 Å². The van der Waals surface area contributed by atoms with Crippen LogP contribution >= 0.6 is 0 Å². The lowest BCUT2D eigenvalue weighted by Crippen LogP contribution is -2.50. The minimum Gasteiger partial charge on any atom is -0.376 e. The summed E-state index contributed by atoms with van der Waals surface area (Å²) in [5.74, 6) is 0.0473. The van der Waals surface area contributed by atoms with Crippen LogP contribution in [0.3, 0.4) is 0 Å². The first-order valence-electron chi connectivity index (χ1n) is 7.21. The molecule has 2 atom stereocenters. The number of aryl methyl sites for hydroxylation is 2. The van der Waals surface area contributed by atoms with E-state index < -0.39 is 0 Å². The topological polar surface area (TPSA) is 41.6 Å². The highest BCUT2D eigenvalue weighted by Gasteiger charge is 2.26. The minimum atomic E-state index is -0.137. The molecule has 1 aromatic carbocycles. The van der Waals surface area contributed by atoms with Gasteiger partial charge >= 0.3 is 0 Å². The molecule has 0 spiro atoms. The number of hydrogen-bond donors (Lipinski definition) is 1. The number of nitrogens with zero attached hydrogens (tertiary/aromatic N) is 1. The molecule has 4 nitrogen and oxygen atoms in total. The summed E-state index contributed by atoms with van der Waals surface area (Å²) in [5, 5.41) is 3.03.